The van der Waals surface area contributed by atoms with Crippen LogP contribution in [0.1, 0.15) is 61.5 Å². The van der Waals surface area contributed by atoms with Gasteiger partial charge in [-0.3, -0.25) is 10.1 Å². The van der Waals surface area contributed by atoms with Crippen molar-refractivity contribution in [2.75, 3.05) is 11.9 Å². The maximum atomic E-state index is 13.0. The summed E-state index contributed by atoms with van der Waals surface area (Å²) in [6.45, 7) is 1.92. The number of sulfone groups is 1. The molecular weight excluding hydrogens is 466 g/mol. The largest absolute Gasteiger partial charge is 0.461 e. The average Bonchev–Trinajstić information content (AvgIpc) is 3.35. The number of hydrogen-bond acceptors (Lipinski definition) is 9. The van der Waals surface area contributed by atoms with Crippen LogP contribution in [0, 0.1) is 0 Å². The summed E-state index contributed by atoms with van der Waals surface area (Å²) in [5, 5.41) is 8.15. The van der Waals surface area contributed by atoms with Crippen LogP contribution in [0.5, 0.6) is 0 Å². The van der Waals surface area contributed by atoms with E-state index in [1.807, 2.05) is 0 Å². The Hall–Kier alpha value is -2.79. The third-order valence-electron chi connectivity index (χ3n) is 5.44. The second kappa shape index (κ2) is 10.0. The number of carbonyl (C=O) groups excluding carboxylic acids is 2. The van der Waals surface area contributed by atoms with Gasteiger partial charge in [0.25, 0.3) is 5.91 Å². The van der Waals surface area contributed by atoms with Crippen molar-refractivity contribution in [1.82, 2.24) is 4.98 Å². The number of nitrogens with one attached hydrogen (secondary N) is 1. The highest BCUT2D eigenvalue weighted by atomic mass is 32.2. The lowest BCUT2D eigenvalue weighted by atomic mass is 10.1. The lowest BCUT2D eigenvalue weighted by Gasteiger charge is -2.11. The van der Waals surface area contributed by atoms with Crippen molar-refractivity contribution in [2.45, 2.75) is 61.7 Å². The Morgan fingerprint density at radius 1 is 1.15 bits per heavy atom. The maximum Gasteiger partial charge on any atom is 0.357 e. The molecule has 2 aliphatic rings. The number of benzene rings is 1. The molecule has 4 rings (SSSR count). The van der Waals surface area contributed by atoms with Crippen LogP contribution in [0.15, 0.2) is 39.7 Å². The predicted octanol–water partition coefficient (Wildman–Crippen LogP) is 3.56. The van der Waals surface area contributed by atoms with Crippen molar-refractivity contribution in [3.8, 4) is 0 Å². The number of carbonyl (C=O) groups is 2. The molecule has 2 fully saturated rings. The highest BCUT2D eigenvalue weighted by Crippen LogP contribution is 2.33. The van der Waals surface area contributed by atoms with E-state index in [4.69, 9.17) is 9.57 Å². The number of rotatable bonds is 9. The molecule has 1 aromatic heterocycles. The Bertz CT molecular complexity index is 1150. The fourth-order valence-corrected chi connectivity index (χ4v) is 5.84. The molecule has 1 N–H and O–H groups in total. The number of anilines is 1. The van der Waals surface area contributed by atoms with Gasteiger partial charge < -0.3 is 9.57 Å². The third-order valence-corrected chi connectivity index (χ3v) is 8.48. The number of nitrogens with zero attached hydrogens (tertiary/aromatic N) is 2. The summed E-state index contributed by atoms with van der Waals surface area (Å²) in [6.07, 6.45) is 5.12. The molecule has 0 saturated heterocycles. The van der Waals surface area contributed by atoms with Crippen LogP contribution in [0.3, 0.4) is 0 Å². The van der Waals surface area contributed by atoms with Gasteiger partial charge in [0.1, 0.15) is 6.10 Å². The van der Waals surface area contributed by atoms with Crippen molar-refractivity contribution >= 4 is 43.9 Å². The van der Waals surface area contributed by atoms with Gasteiger partial charge in [-0.05, 0) is 57.6 Å². The molecule has 2 saturated carbocycles. The van der Waals surface area contributed by atoms with E-state index in [0.717, 1.165) is 37.0 Å². The van der Waals surface area contributed by atoms with Crippen LogP contribution >= 0.6 is 11.3 Å². The molecule has 2 aliphatic carbocycles. The van der Waals surface area contributed by atoms with Gasteiger partial charge in [0.15, 0.2) is 26.4 Å². The van der Waals surface area contributed by atoms with Gasteiger partial charge in [0.05, 0.1) is 16.8 Å². The lowest BCUT2D eigenvalue weighted by Crippen LogP contribution is -2.25. The lowest BCUT2D eigenvalue weighted by molar-refractivity contribution is -0.110. The van der Waals surface area contributed by atoms with Crippen LogP contribution in [-0.2, 0) is 24.2 Å². The molecule has 11 heteroatoms. The third kappa shape index (κ3) is 5.59. The molecule has 0 unspecified atom stereocenters. The molecule has 1 heterocycles. The molecule has 33 heavy (non-hydrogen) atoms. The number of esters is 1. The first kappa shape index (κ1) is 23.4. The smallest absolute Gasteiger partial charge is 0.357 e. The van der Waals surface area contributed by atoms with Crippen LogP contribution in [0.4, 0.5) is 5.13 Å². The summed E-state index contributed by atoms with van der Waals surface area (Å²) in [5.41, 5.74) is 0.528. The number of hydrogen-bond donors (Lipinski definition) is 1. The van der Waals surface area contributed by atoms with E-state index < -0.39 is 21.7 Å². The van der Waals surface area contributed by atoms with Gasteiger partial charge >= 0.3 is 5.97 Å². The van der Waals surface area contributed by atoms with Crippen LogP contribution in [0.25, 0.3) is 0 Å². The van der Waals surface area contributed by atoms with E-state index in [0.29, 0.717) is 18.4 Å². The molecule has 2 aromatic rings. The standard InChI is InChI=1S/C22H25N3O6S2/c1-2-30-21(27)18-13-32-22(23-18)24-20(26)19(25-31-15-5-3-4-6-15)14-7-9-16(10-8-14)33(28,29)17-11-12-17/h7-10,13,15,17H,2-6,11-12H2,1H3,(H,23,24,26). The summed E-state index contributed by atoms with van der Waals surface area (Å²) >= 11 is 1.08. The fraction of sp³-hybridized carbons (Fsp3) is 0.455. The van der Waals surface area contributed by atoms with Gasteiger partial charge in [-0.1, -0.05) is 17.3 Å². The summed E-state index contributed by atoms with van der Waals surface area (Å²) in [7, 11) is -3.34. The Balaban J connectivity index is 1.55. The van der Waals surface area contributed by atoms with Crippen molar-refractivity contribution < 1.29 is 27.6 Å². The van der Waals surface area contributed by atoms with Gasteiger partial charge in [-0.15, -0.1) is 11.3 Å². The van der Waals surface area contributed by atoms with Gasteiger partial charge in [0, 0.05) is 10.9 Å². The van der Waals surface area contributed by atoms with Crippen LogP contribution in [0.2, 0.25) is 0 Å². The van der Waals surface area contributed by atoms with Gasteiger partial charge in [-0.25, -0.2) is 18.2 Å². The first-order valence-corrected chi connectivity index (χ1v) is 13.3. The first-order chi connectivity index (χ1) is 15.9. The molecular formula is C22H25N3O6S2. The summed E-state index contributed by atoms with van der Waals surface area (Å²) in [4.78, 5) is 34.8. The topological polar surface area (TPSA) is 124 Å². The molecule has 0 aliphatic heterocycles. The summed E-state index contributed by atoms with van der Waals surface area (Å²) in [6, 6.07) is 6.09. The minimum atomic E-state index is -3.34. The second-order valence-corrected chi connectivity index (χ2v) is 11.0. The first-order valence-electron chi connectivity index (χ1n) is 10.9. The minimum Gasteiger partial charge on any atom is -0.461 e. The normalized spacial score (nSPS) is 17.1. The maximum absolute atomic E-state index is 13.0. The van der Waals surface area contributed by atoms with Crippen molar-refractivity contribution in [1.29, 1.82) is 0 Å². The fourth-order valence-electron chi connectivity index (χ4n) is 3.51. The van der Waals surface area contributed by atoms with Crippen molar-refractivity contribution in [2.24, 2.45) is 5.16 Å². The predicted molar refractivity (Wildman–Crippen MR) is 123 cm³/mol. The highest BCUT2D eigenvalue weighted by molar-refractivity contribution is 7.92. The molecule has 0 bridgehead atoms. The molecule has 0 atom stereocenters. The second-order valence-electron chi connectivity index (χ2n) is 7.93. The van der Waals surface area contributed by atoms with E-state index >= 15 is 0 Å². The number of aromatic nitrogens is 1. The Morgan fingerprint density at radius 3 is 2.48 bits per heavy atom. The van der Waals surface area contributed by atoms with E-state index in [9.17, 15) is 18.0 Å². The zero-order valence-electron chi connectivity index (χ0n) is 18.2. The number of oxime groups is 1. The van der Waals surface area contributed by atoms with Gasteiger partial charge in [0.2, 0.25) is 0 Å². The van der Waals surface area contributed by atoms with Crippen LogP contribution in [-0.4, -0.2) is 49.0 Å². The Kier molecular flexibility index (Phi) is 7.08. The highest BCUT2D eigenvalue weighted by Gasteiger charge is 2.36. The average molecular weight is 492 g/mol. The molecule has 1 aromatic carbocycles. The van der Waals surface area contributed by atoms with E-state index in [1.54, 1.807) is 19.1 Å². The van der Waals surface area contributed by atoms with Crippen molar-refractivity contribution in [3.63, 3.8) is 0 Å². The summed E-state index contributed by atoms with van der Waals surface area (Å²) < 4.78 is 29.9. The van der Waals surface area contributed by atoms with E-state index in [1.165, 1.54) is 17.5 Å². The molecule has 9 nitrogen and oxygen atoms in total. The summed E-state index contributed by atoms with van der Waals surface area (Å²) in [5.74, 6) is -1.14. The number of thiazole rings is 1. The molecule has 1 amide bonds. The van der Waals surface area contributed by atoms with Crippen LogP contribution < -0.4 is 5.32 Å². The Labute approximate surface area is 196 Å². The molecule has 176 valence electrons. The van der Waals surface area contributed by atoms with Gasteiger partial charge in [-0.2, -0.15) is 0 Å². The molecule has 0 radical (unpaired) electrons. The minimum absolute atomic E-state index is 0.00477. The quantitative estimate of drug-likeness (QED) is 0.323. The van der Waals surface area contributed by atoms with Crippen molar-refractivity contribution in [3.05, 3.63) is 40.9 Å². The SMILES string of the molecule is CCOC(=O)c1csc(NC(=O)C(=NOC2CCCC2)c2ccc(S(=O)(=O)C3CC3)cc2)n1. The van der Waals surface area contributed by atoms with E-state index in [2.05, 4.69) is 15.5 Å². The zero-order valence-corrected chi connectivity index (χ0v) is 19.8. The monoisotopic (exact) mass is 491 g/mol. The zero-order chi connectivity index (χ0) is 23.4. The Morgan fingerprint density at radius 2 is 1.85 bits per heavy atom. The van der Waals surface area contributed by atoms with E-state index in [-0.39, 0.29) is 39.4 Å². The number of ether oxygens (including phenoxy) is 1. The number of amides is 1. The molecule has 0 spiro atoms.